The smallest absolute Gasteiger partial charge is 0.251 e. The summed E-state index contributed by atoms with van der Waals surface area (Å²) in [6.07, 6.45) is 4.64. The van der Waals surface area contributed by atoms with Gasteiger partial charge in [0.15, 0.2) is 0 Å². The van der Waals surface area contributed by atoms with Crippen LogP contribution in [0, 0.1) is 0 Å². The number of hydrogen-bond donors (Lipinski definition) is 1. The standard InChI is InChI=1S/C20H31N3O4S/c1-3-23(4-2)28(26,27)18-11-9-10-17(16-18)20(25)21-13-12-19(24)22-14-7-5-6-8-15-22/h9-11,16H,3-8,12-15H2,1-2H3,(H,21,25). The van der Waals surface area contributed by atoms with Gasteiger partial charge in [0, 0.05) is 44.7 Å². The molecule has 1 aliphatic heterocycles. The number of carbonyl (C=O) groups is 2. The molecule has 0 spiro atoms. The molecule has 0 aliphatic carbocycles. The summed E-state index contributed by atoms with van der Waals surface area (Å²) in [6, 6.07) is 6.02. The van der Waals surface area contributed by atoms with Crippen molar-refractivity contribution in [3.63, 3.8) is 0 Å². The van der Waals surface area contributed by atoms with E-state index < -0.39 is 10.0 Å². The summed E-state index contributed by atoms with van der Waals surface area (Å²) in [4.78, 5) is 26.7. The summed E-state index contributed by atoms with van der Waals surface area (Å²) in [7, 11) is -3.62. The molecule has 1 N–H and O–H groups in total. The minimum absolute atomic E-state index is 0.0556. The van der Waals surface area contributed by atoms with Crippen LogP contribution < -0.4 is 5.32 Å². The molecule has 0 saturated carbocycles. The van der Waals surface area contributed by atoms with E-state index in [9.17, 15) is 18.0 Å². The van der Waals surface area contributed by atoms with E-state index in [1.165, 1.54) is 16.4 Å². The molecule has 28 heavy (non-hydrogen) atoms. The zero-order valence-electron chi connectivity index (χ0n) is 16.8. The molecule has 2 amide bonds. The molecule has 1 aromatic carbocycles. The molecule has 0 atom stereocenters. The number of sulfonamides is 1. The fourth-order valence-electron chi connectivity index (χ4n) is 3.37. The molecule has 1 aromatic rings. The lowest BCUT2D eigenvalue weighted by Crippen LogP contribution is -2.35. The highest BCUT2D eigenvalue weighted by atomic mass is 32.2. The third kappa shape index (κ3) is 5.78. The van der Waals surface area contributed by atoms with Crippen molar-refractivity contribution in [2.75, 3.05) is 32.7 Å². The van der Waals surface area contributed by atoms with Crippen molar-refractivity contribution < 1.29 is 18.0 Å². The molecule has 0 unspecified atom stereocenters. The van der Waals surface area contributed by atoms with Gasteiger partial charge in [-0.3, -0.25) is 9.59 Å². The molecule has 1 fully saturated rings. The van der Waals surface area contributed by atoms with Crippen molar-refractivity contribution in [1.29, 1.82) is 0 Å². The number of amides is 2. The Morgan fingerprint density at radius 1 is 1.07 bits per heavy atom. The van der Waals surface area contributed by atoms with Crippen molar-refractivity contribution in [1.82, 2.24) is 14.5 Å². The molecule has 1 aliphatic rings. The average molecular weight is 410 g/mol. The van der Waals surface area contributed by atoms with E-state index in [1.807, 2.05) is 4.90 Å². The van der Waals surface area contributed by atoms with Crippen molar-refractivity contribution in [2.45, 2.75) is 50.8 Å². The van der Waals surface area contributed by atoms with Gasteiger partial charge in [0.25, 0.3) is 5.91 Å². The van der Waals surface area contributed by atoms with Gasteiger partial charge in [-0.1, -0.05) is 32.8 Å². The molecule has 0 radical (unpaired) electrons. The normalized spacial score (nSPS) is 15.3. The predicted octanol–water partition coefficient (Wildman–Crippen LogP) is 2.24. The Hall–Kier alpha value is -1.93. The van der Waals surface area contributed by atoms with E-state index in [-0.39, 0.29) is 35.2 Å². The minimum Gasteiger partial charge on any atom is -0.352 e. The fraction of sp³-hybridized carbons (Fsp3) is 0.600. The van der Waals surface area contributed by atoms with Crippen LogP contribution in [0.15, 0.2) is 29.2 Å². The second-order valence-corrected chi connectivity index (χ2v) is 8.86. The van der Waals surface area contributed by atoms with E-state index >= 15 is 0 Å². The topological polar surface area (TPSA) is 86.8 Å². The first kappa shape index (κ1) is 22.4. The van der Waals surface area contributed by atoms with Crippen molar-refractivity contribution >= 4 is 21.8 Å². The van der Waals surface area contributed by atoms with Crippen LogP contribution in [0.25, 0.3) is 0 Å². The van der Waals surface area contributed by atoms with Gasteiger partial charge in [-0.15, -0.1) is 0 Å². The van der Waals surface area contributed by atoms with Gasteiger partial charge in [-0.05, 0) is 31.0 Å². The molecule has 2 rings (SSSR count). The first-order valence-electron chi connectivity index (χ1n) is 10.1. The number of rotatable bonds is 8. The predicted molar refractivity (Wildman–Crippen MR) is 109 cm³/mol. The fourth-order valence-corrected chi connectivity index (χ4v) is 4.88. The lowest BCUT2D eigenvalue weighted by molar-refractivity contribution is -0.131. The Balaban J connectivity index is 1.95. The van der Waals surface area contributed by atoms with Crippen LogP contribution >= 0.6 is 0 Å². The SMILES string of the molecule is CCN(CC)S(=O)(=O)c1cccc(C(=O)NCCC(=O)N2CCCCCC2)c1. The van der Waals surface area contributed by atoms with Gasteiger partial charge >= 0.3 is 0 Å². The van der Waals surface area contributed by atoms with E-state index in [0.717, 1.165) is 38.8 Å². The highest BCUT2D eigenvalue weighted by Crippen LogP contribution is 2.17. The number of nitrogens with zero attached hydrogens (tertiary/aromatic N) is 2. The number of likely N-dealkylation sites (tertiary alicyclic amines) is 1. The Morgan fingerprint density at radius 2 is 1.71 bits per heavy atom. The summed E-state index contributed by atoms with van der Waals surface area (Å²) in [5.74, 6) is -0.319. The molecule has 8 heteroatoms. The zero-order chi connectivity index (χ0) is 20.6. The summed E-state index contributed by atoms with van der Waals surface area (Å²) in [5, 5.41) is 2.73. The molecule has 156 valence electrons. The molecule has 1 saturated heterocycles. The number of nitrogens with one attached hydrogen (secondary N) is 1. The largest absolute Gasteiger partial charge is 0.352 e. The molecule has 0 aromatic heterocycles. The molecular formula is C20H31N3O4S. The van der Waals surface area contributed by atoms with Crippen molar-refractivity contribution in [2.24, 2.45) is 0 Å². The number of benzene rings is 1. The minimum atomic E-state index is -3.62. The second-order valence-electron chi connectivity index (χ2n) is 6.92. The zero-order valence-corrected chi connectivity index (χ0v) is 17.6. The van der Waals surface area contributed by atoms with Crippen molar-refractivity contribution in [3.8, 4) is 0 Å². The average Bonchev–Trinajstić information content (AvgIpc) is 2.98. The third-order valence-electron chi connectivity index (χ3n) is 5.02. The van der Waals surface area contributed by atoms with Gasteiger partial charge in [0.2, 0.25) is 15.9 Å². The summed E-state index contributed by atoms with van der Waals surface area (Å²) in [6.45, 7) is 6.11. The maximum Gasteiger partial charge on any atom is 0.251 e. The maximum atomic E-state index is 12.6. The quantitative estimate of drug-likeness (QED) is 0.713. The molecule has 1 heterocycles. The molecule has 0 bridgehead atoms. The first-order chi connectivity index (χ1) is 13.4. The van der Waals surface area contributed by atoms with E-state index in [0.29, 0.717) is 13.1 Å². The van der Waals surface area contributed by atoms with E-state index in [4.69, 9.17) is 0 Å². The molecular weight excluding hydrogens is 378 g/mol. The monoisotopic (exact) mass is 409 g/mol. The van der Waals surface area contributed by atoms with Gasteiger partial charge < -0.3 is 10.2 Å². The Labute approximate surface area is 168 Å². The highest BCUT2D eigenvalue weighted by molar-refractivity contribution is 7.89. The molecule has 7 nitrogen and oxygen atoms in total. The third-order valence-corrected chi connectivity index (χ3v) is 7.07. The number of hydrogen-bond acceptors (Lipinski definition) is 4. The van der Waals surface area contributed by atoms with E-state index in [1.54, 1.807) is 26.0 Å². The van der Waals surface area contributed by atoms with Crippen molar-refractivity contribution in [3.05, 3.63) is 29.8 Å². The Morgan fingerprint density at radius 3 is 2.32 bits per heavy atom. The van der Waals surface area contributed by atoms with Crippen LogP contribution in [0.4, 0.5) is 0 Å². The Bertz CT molecular complexity index is 767. The van der Waals surface area contributed by atoms with Gasteiger partial charge in [0.05, 0.1) is 4.90 Å². The van der Waals surface area contributed by atoms with Crippen LogP contribution in [0.5, 0.6) is 0 Å². The Kier molecular flexibility index (Phi) is 8.44. The first-order valence-corrected chi connectivity index (χ1v) is 11.5. The van der Waals surface area contributed by atoms with Crippen LogP contribution in [0.3, 0.4) is 0 Å². The second kappa shape index (κ2) is 10.6. The summed E-state index contributed by atoms with van der Waals surface area (Å²) >= 11 is 0. The van der Waals surface area contributed by atoms with Crippen LogP contribution in [0.2, 0.25) is 0 Å². The lowest BCUT2D eigenvalue weighted by Gasteiger charge is -2.20. The lowest BCUT2D eigenvalue weighted by atomic mass is 10.2. The van der Waals surface area contributed by atoms with Crippen LogP contribution in [0.1, 0.15) is 56.3 Å². The van der Waals surface area contributed by atoms with Gasteiger partial charge in [-0.25, -0.2) is 8.42 Å². The summed E-state index contributed by atoms with van der Waals surface area (Å²) < 4.78 is 26.6. The van der Waals surface area contributed by atoms with Gasteiger partial charge in [-0.2, -0.15) is 4.31 Å². The highest BCUT2D eigenvalue weighted by Gasteiger charge is 2.22. The van der Waals surface area contributed by atoms with E-state index in [2.05, 4.69) is 5.32 Å². The number of carbonyl (C=O) groups excluding carboxylic acids is 2. The van der Waals surface area contributed by atoms with Crippen LogP contribution in [-0.2, 0) is 14.8 Å². The van der Waals surface area contributed by atoms with Gasteiger partial charge in [0.1, 0.15) is 0 Å². The summed E-state index contributed by atoms with van der Waals surface area (Å²) in [5.41, 5.74) is 0.274. The maximum absolute atomic E-state index is 12.6. The van der Waals surface area contributed by atoms with Crippen LogP contribution in [-0.4, -0.2) is 62.2 Å².